The molecule has 26 heavy (non-hydrogen) atoms. The molecular formula is C17H15BrN4O3S. The first-order valence-electron chi connectivity index (χ1n) is 7.99. The zero-order valence-electron chi connectivity index (χ0n) is 13.5. The van der Waals surface area contributed by atoms with E-state index in [0.717, 1.165) is 23.9 Å². The second kappa shape index (κ2) is 6.49. The van der Waals surface area contributed by atoms with Crippen LogP contribution in [0.1, 0.15) is 23.2 Å². The van der Waals surface area contributed by atoms with Crippen LogP contribution in [0.4, 0.5) is 0 Å². The SMILES string of the molecule is O=C(Nn1cnc2ccccc21)c1cc(S(=O)(=O)NC2CC2)ccc1Br. The molecule has 0 bridgehead atoms. The van der Waals surface area contributed by atoms with Crippen LogP contribution in [0.15, 0.2) is 58.2 Å². The smallest absolute Gasteiger partial charge is 0.267 e. The van der Waals surface area contributed by atoms with Crippen molar-refractivity contribution in [3.05, 3.63) is 58.8 Å². The molecule has 7 nitrogen and oxygen atoms in total. The Balaban J connectivity index is 1.64. The minimum Gasteiger partial charge on any atom is -0.267 e. The number of imidazole rings is 1. The maximum atomic E-state index is 12.7. The van der Waals surface area contributed by atoms with Gasteiger partial charge in [-0.2, -0.15) is 0 Å². The van der Waals surface area contributed by atoms with Crippen molar-refractivity contribution < 1.29 is 13.2 Å². The van der Waals surface area contributed by atoms with Crippen molar-refractivity contribution >= 4 is 42.9 Å². The fourth-order valence-electron chi connectivity index (χ4n) is 2.55. The van der Waals surface area contributed by atoms with Crippen molar-refractivity contribution in [3.63, 3.8) is 0 Å². The standard InChI is InChI=1S/C17H15BrN4O3S/c18-14-8-7-12(26(24,25)21-11-5-6-11)9-13(14)17(23)20-22-10-19-15-3-1-2-4-16(15)22/h1-4,7-11,21H,5-6H2,(H,20,23). The number of hydrogen-bond acceptors (Lipinski definition) is 4. The van der Waals surface area contributed by atoms with Crippen LogP contribution in [-0.2, 0) is 10.0 Å². The number of para-hydroxylation sites is 2. The number of nitrogens with zero attached hydrogens (tertiary/aromatic N) is 2. The predicted octanol–water partition coefficient (Wildman–Crippen LogP) is 2.62. The van der Waals surface area contributed by atoms with E-state index in [9.17, 15) is 13.2 Å². The normalized spacial score (nSPS) is 14.5. The average Bonchev–Trinajstić information content (AvgIpc) is 3.33. The first-order chi connectivity index (χ1) is 12.4. The van der Waals surface area contributed by atoms with Crippen LogP contribution in [0.25, 0.3) is 11.0 Å². The minimum atomic E-state index is -3.64. The van der Waals surface area contributed by atoms with Crippen molar-refractivity contribution in [2.45, 2.75) is 23.8 Å². The summed E-state index contributed by atoms with van der Waals surface area (Å²) in [6.45, 7) is 0. The summed E-state index contributed by atoms with van der Waals surface area (Å²) in [5.74, 6) is -0.441. The van der Waals surface area contributed by atoms with E-state index in [1.165, 1.54) is 23.1 Å². The summed E-state index contributed by atoms with van der Waals surface area (Å²) in [4.78, 5) is 17.0. The van der Waals surface area contributed by atoms with Crippen LogP contribution in [-0.4, -0.2) is 30.0 Å². The van der Waals surface area contributed by atoms with Gasteiger partial charge in [-0.15, -0.1) is 0 Å². The van der Waals surface area contributed by atoms with Crippen LogP contribution in [0, 0.1) is 0 Å². The summed E-state index contributed by atoms with van der Waals surface area (Å²) in [5.41, 5.74) is 4.44. The highest BCUT2D eigenvalue weighted by Gasteiger charge is 2.28. The van der Waals surface area contributed by atoms with Gasteiger partial charge in [-0.25, -0.2) is 22.8 Å². The molecule has 0 spiro atoms. The monoisotopic (exact) mass is 434 g/mol. The molecule has 1 saturated carbocycles. The Hall–Kier alpha value is -2.23. The largest absolute Gasteiger partial charge is 0.271 e. The highest BCUT2D eigenvalue weighted by atomic mass is 79.9. The summed E-state index contributed by atoms with van der Waals surface area (Å²) >= 11 is 3.31. The quantitative estimate of drug-likeness (QED) is 0.645. The second-order valence-electron chi connectivity index (χ2n) is 6.08. The lowest BCUT2D eigenvalue weighted by molar-refractivity contribution is 0.101. The molecule has 1 amide bonds. The molecule has 9 heteroatoms. The summed E-state index contributed by atoms with van der Waals surface area (Å²) in [7, 11) is -3.64. The van der Waals surface area contributed by atoms with Crippen LogP contribution in [0.2, 0.25) is 0 Å². The minimum absolute atomic E-state index is 0.00163. The number of nitrogens with one attached hydrogen (secondary N) is 2. The molecule has 1 heterocycles. The van der Waals surface area contributed by atoms with E-state index in [1.54, 1.807) is 6.07 Å². The fourth-order valence-corrected chi connectivity index (χ4v) is 4.31. The molecule has 0 saturated heterocycles. The van der Waals surface area contributed by atoms with E-state index in [2.05, 4.69) is 31.1 Å². The van der Waals surface area contributed by atoms with Crippen molar-refractivity contribution in [2.75, 3.05) is 5.43 Å². The van der Waals surface area contributed by atoms with Gasteiger partial charge in [-0.1, -0.05) is 12.1 Å². The number of benzene rings is 2. The third-order valence-electron chi connectivity index (χ3n) is 4.07. The van der Waals surface area contributed by atoms with E-state index in [1.807, 2.05) is 24.3 Å². The molecule has 0 aliphatic heterocycles. The molecule has 0 radical (unpaired) electrons. The van der Waals surface area contributed by atoms with Gasteiger partial charge < -0.3 is 0 Å². The molecule has 0 atom stereocenters. The number of sulfonamides is 1. The highest BCUT2D eigenvalue weighted by Crippen LogP contribution is 2.25. The van der Waals surface area contributed by atoms with E-state index >= 15 is 0 Å². The predicted molar refractivity (Wildman–Crippen MR) is 101 cm³/mol. The van der Waals surface area contributed by atoms with Gasteiger partial charge in [-0.05, 0) is 59.1 Å². The number of carbonyl (C=O) groups excluding carboxylic acids is 1. The number of fused-ring (bicyclic) bond motifs is 1. The summed E-state index contributed by atoms with van der Waals surface area (Å²) in [6.07, 6.45) is 3.19. The van der Waals surface area contributed by atoms with Gasteiger partial charge in [0.25, 0.3) is 5.91 Å². The van der Waals surface area contributed by atoms with Crippen molar-refractivity contribution in [1.29, 1.82) is 0 Å². The lowest BCUT2D eigenvalue weighted by Crippen LogP contribution is -2.27. The van der Waals surface area contributed by atoms with Crippen molar-refractivity contribution in [3.8, 4) is 0 Å². The number of halogens is 1. The molecular weight excluding hydrogens is 420 g/mol. The maximum absolute atomic E-state index is 12.7. The Kier molecular flexibility index (Phi) is 4.29. The van der Waals surface area contributed by atoms with Gasteiger partial charge in [0.2, 0.25) is 10.0 Å². The highest BCUT2D eigenvalue weighted by molar-refractivity contribution is 9.10. The van der Waals surface area contributed by atoms with Crippen LogP contribution in [0.5, 0.6) is 0 Å². The van der Waals surface area contributed by atoms with Gasteiger partial charge >= 0.3 is 0 Å². The summed E-state index contributed by atoms with van der Waals surface area (Å²) < 4.78 is 29.4. The molecule has 1 fully saturated rings. The van der Waals surface area contributed by atoms with Crippen molar-refractivity contribution in [1.82, 2.24) is 14.4 Å². The van der Waals surface area contributed by atoms with E-state index in [0.29, 0.717) is 4.47 Å². The molecule has 4 rings (SSSR count). The molecule has 2 aromatic carbocycles. The lowest BCUT2D eigenvalue weighted by atomic mass is 10.2. The number of aromatic nitrogens is 2. The molecule has 1 aromatic heterocycles. The van der Waals surface area contributed by atoms with Crippen LogP contribution < -0.4 is 10.1 Å². The Labute approximate surface area is 158 Å². The van der Waals surface area contributed by atoms with Crippen LogP contribution in [0.3, 0.4) is 0 Å². The molecule has 1 aliphatic rings. The lowest BCUT2D eigenvalue weighted by Gasteiger charge is -2.11. The molecule has 0 unspecified atom stereocenters. The topological polar surface area (TPSA) is 93.1 Å². The van der Waals surface area contributed by atoms with Crippen LogP contribution >= 0.6 is 15.9 Å². The molecule has 134 valence electrons. The first-order valence-corrected chi connectivity index (χ1v) is 10.3. The molecule has 3 aromatic rings. The number of carbonyl (C=O) groups is 1. The molecule has 2 N–H and O–H groups in total. The van der Waals surface area contributed by atoms with Gasteiger partial charge in [0, 0.05) is 10.5 Å². The van der Waals surface area contributed by atoms with Gasteiger partial charge in [0.15, 0.2) is 0 Å². The molecule has 1 aliphatic carbocycles. The van der Waals surface area contributed by atoms with E-state index in [4.69, 9.17) is 0 Å². The van der Waals surface area contributed by atoms with Gasteiger partial charge in [0.1, 0.15) is 6.33 Å². The number of rotatable bonds is 5. The van der Waals surface area contributed by atoms with Gasteiger partial charge in [-0.3, -0.25) is 10.2 Å². The van der Waals surface area contributed by atoms with Gasteiger partial charge in [0.05, 0.1) is 21.5 Å². The average molecular weight is 435 g/mol. The number of hydrogen-bond donors (Lipinski definition) is 2. The van der Waals surface area contributed by atoms with Crippen molar-refractivity contribution in [2.24, 2.45) is 0 Å². The Morgan fingerprint density at radius 2 is 1.96 bits per heavy atom. The zero-order chi connectivity index (χ0) is 18.3. The third kappa shape index (κ3) is 3.37. The van der Waals surface area contributed by atoms with E-state index in [-0.39, 0.29) is 16.5 Å². The first kappa shape index (κ1) is 17.2. The fraction of sp³-hybridized carbons (Fsp3) is 0.176. The third-order valence-corrected chi connectivity index (χ3v) is 6.28. The maximum Gasteiger partial charge on any atom is 0.271 e. The Morgan fingerprint density at radius 1 is 1.19 bits per heavy atom. The Morgan fingerprint density at radius 3 is 2.73 bits per heavy atom. The Bertz CT molecular complexity index is 1110. The number of amides is 1. The van der Waals surface area contributed by atoms with E-state index < -0.39 is 15.9 Å². The zero-order valence-corrected chi connectivity index (χ0v) is 15.9. The summed E-state index contributed by atoms with van der Waals surface area (Å²) in [6, 6.07) is 11.8. The second-order valence-corrected chi connectivity index (χ2v) is 8.65. The summed E-state index contributed by atoms with van der Waals surface area (Å²) in [5, 5.41) is 0.